The summed E-state index contributed by atoms with van der Waals surface area (Å²) in [6.07, 6.45) is 2.10. The molecule has 0 aromatic heterocycles. The minimum absolute atomic E-state index is 0.254. The molecule has 2 unspecified atom stereocenters. The van der Waals surface area contributed by atoms with E-state index < -0.39 is 0 Å². The molecule has 0 fully saturated rings. The van der Waals surface area contributed by atoms with Crippen LogP contribution >= 0.6 is 23.2 Å². The number of halogens is 2. The average molecular weight is 290 g/mol. The summed E-state index contributed by atoms with van der Waals surface area (Å²) in [5.41, 5.74) is 1.14. The molecule has 0 aliphatic rings. The molecule has 2 nitrogen and oxygen atoms in total. The first kappa shape index (κ1) is 15.8. The number of hydrogen-bond donors (Lipinski definition) is 2. The van der Waals surface area contributed by atoms with Gasteiger partial charge in [0.15, 0.2) is 0 Å². The molecule has 0 saturated carbocycles. The fraction of sp³-hybridized carbons (Fsp3) is 0.571. The SMILES string of the molecule is CC(CO)CCCNC(C)c1ccc(Cl)c(Cl)c1. The predicted molar refractivity (Wildman–Crippen MR) is 78.4 cm³/mol. The van der Waals surface area contributed by atoms with Crippen LogP contribution < -0.4 is 5.32 Å². The van der Waals surface area contributed by atoms with Crippen LogP contribution in [0.25, 0.3) is 0 Å². The van der Waals surface area contributed by atoms with Crippen LogP contribution in [0.3, 0.4) is 0 Å². The number of aliphatic hydroxyl groups is 1. The zero-order chi connectivity index (χ0) is 13.5. The Hall–Kier alpha value is -0.280. The monoisotopic (exact) mass is 289 g/mol. The molecule has 1 aromatic carbocycles. The summed E-state index contributed by atoms with van der Waals surface area (Å²) in [5, 5.41) is 13.6. The summed E-state index contributed by atoms with van der Waals surface area (Å²) in [4.78, 5) is 0. The molecule has 0 saturated heterocycles. The number of rotatable bonds is 7. The predicted octanol–water partition coefficient (Wildman–Crippen LogP) is 4.05. The normalized spacial score (nSPS) is 14.5. The molecule has 2 atom stereocenters. The molecular weight excluding hydrogens is 269 g/mol. The number of benzene rings is 1. The van der Waals surface area contributed by atoms with Gasteiger partial charge in [0.25, 0.3) is 0 Å². The van der Waals surface area contributed by atoms with E-state index in [4.69, 9.17) is 28.3 Å². The van der Waals surface area contributed by atoms with Gasteiger partial charge in [0.1, 0.15) is 0 Å². The maximum atomic E-state index is 8.93. The fourth-order valence-corrected chi connectivity index (χ4v) is 2.07. The van der Waals surface area contributed by atoms with Gasteiger partial charge >= 0.3 is 0 Å². The smallest absolute Gasteiger partial charge is 0.0595 e. The van der Waals surface area contributed by atoms with Crippen molar-refractivity contribution in [2.75, 3.05) is 13.2 Å². The van der Waals surface area contributed by atoms with Gasteiger partial charge in [-0.25, -0.2) is 0 Å². The van der Waals surface area contributed by atoms with Crippen molar-refractivity contribution in [1.82, 2.24) is 5.32 Å². The van der Waals surface area contributed by atoms with Gasteiger partial charge in [-0.15, -0.1) is 0 Å². The Morgan fingerprint density at radius 1 is 1.22 bits per heavy atom. The summed E-state index contributed by atoms with van der Waals surface area (Å²) in [6.45, 7) is 5.37. The standard InChI is InChI=1S/C14H21Cl2NO/c1-10(9-18)4-3-7-17-11(2)12-5-6-13(15)14(16)8-12/h5-6,8,10-11,17-18H,3-4,7,9H2,1-2H3. The lowest BCUT2D eigenvalue weighted by atomic mass is 10.1. The zero-order valence-corrected chi connectivity index (χ0v) is 12.4. The van der Waals surface area contributed by atoms with Crippen LogP contribution in [0.4, 0.5) is 0 Å². The second-order valence-electron chi connectivity index (χ2n) is 4.78. The minimum atomic E-state index is 0.254. The highest BCUT2D eigenvalue weighted by Gasteiger charge is 2.07. The number of aliphatic hydroxyl groups excluding tert-OH is 1. The van der Waals surface area contributed by atoms with Crippen LogP contribution in [0.5, 0.6) is 0 Å². The van der Waals surface area contributed by atoms with E-state index >= 15 is 0 Å². The number of hydrogen-bond acceptors (Lipinski definition) is 2. The Balaban J connectivity index is 2.36. The lowest BCUT2D eigenvalue weighted by Crippen LogP contribution is -2.20. The number of nitrogens with one attached hydrogen (secondary N) is 1. The zero-order valence-electron chi connectivity index (χ0n) is 10.9. The maximum absolute atomic E-state index is 8.93. The summed E-state index contributed by atoms with van der Waals surface area (Å²) in [7, 11) is 0. The summed E-state index contributed by atoms with van der Waals surface area (Å²) < 4.78 is 0. The fourth-order valence-electron chi connectivity index (χ4n) is 1.76. The summed E-state index contributed by atoms with van der Waals surface area (Å²) in [6, 6.07) is 5.97. The molecule has 0 aliphatic carbocycles. The third kappa shape index (κ3) is 5.15. The van der Waals surface area contributed by atoms with E-state index in [-0.39, 0.29) is 12.6 Å². The van der Waals surface area contributed by atoms with Gasteiger partial charge < -0.3 is 10.4 Å². The molecule has 0 spiro atoms. The maximum Gasteiger partial charge on any atom is 0.0595 e. The van der Waals surface area contributed by atoms with Gasteiger partial charge in [0.2, 0.25) is 0 Å². The highest BCUT2D eigenvalue weighted by atomic mass is 35.5. The van der Waals surface area contributed by atoms with Gasteiger partial charge in [-0.3, -0.25) is 0 Å². The minimum Gasteiger partial charge on any atom is -0.396 e. The molecule has 0 amide bonds. The molecule has 0 bridgehead atoms. The van der Waals surface area contributed by atoms with Crippen LogP contribution in [-0.4, -0.2) is 18.3 Å². The van der Waals surface area contributed by atoms with Crippen LogP contribution in [0, 0.1) is 5.92 Å². The van der Waals surface area contributed by atoms with Crippen molar-refractivity contribution in [3.05, 3.63) is 33.8 Å². The lowest BCUT2D eigenvalue weighted by Gasteiger charge is -2.15. The third-order valence-electron chi connectivity index (χ3n) is 3.08. The van der Waals surface area contributed by atoms with Crippen LogP contribution in [0.15, 0.2) is 18.2 Å². The molecule has 1 aromatic rings. The Labute approximate surface area is 119 Å². The van der Waals surface area contributed by atoms with Crippen molar-refractivity contribution < 1.29 is 5.11 Å². The quantitative estimate of drug-likeness (QED) is 0.742. The molecule has 0 radical (unpaired) electrons. The summed E-state index contributed by atoms with van der Waals surface area (Å²) in [5.74, 6) is 0.382. The van der Waals surface area contributed by atoms with Crippen molar-refractivity contribution in [2.24, 2.45) is 5.92 Å². The van der Waals surface area contributed by atoms with Crippen molar-refractivity contribution in [3.63, 3.8) is 0 Å². The molecule has 2 N–H and O–H groups in total. The Morgan fingerprint density at radius 3 is 2.56 bits per heavy atom. The Kier molecular flexibility index (Phi) is 7.02. The van der Waals surface area contributed by atoms with E-state index in [1.807, 2.05) is 18.2 Å². The Bertz CT molecular complexity index is 371. The second-order valence-corrected chi connectivity index (χ2v) is 5.59. The first-order chi connectivity index (χ1) is 8.54. The van der Waals surface area contributed by atoms with E-state index in [1.54, 1.807) is 0 Å². The van der Waals surface area contributed by atoms with E-state index in [9.17, 15) is 0 Å². The van der Waals surface area contributed by atoms with Gasteiger partial charge in [0, 0.05) is 12.6 Å². The molecule has 4 heteroatoms. The average Bonchev–Trinajstić information content (AvgIpc) is 2.37. The molecule has 18 heavy (non-hydrogen) atoms. The van der Waals surface area contributed by atoms with Crippen LogP contribution in [0.2, 0.25) is 10.0 Å². The first-order valence-electron chi connectivity index (χ1n) is 6.33. The Morgan fingerprint density at radius 2 is 1.94 bits per heavy atom. The van der Waals surface area contributed by atoms with Gasteiger partial charge in [0.05, 0.1) is 10.0 Å². The van der Waals surface area contributed by atoms with Crippen LogP contribution in [0.1, 0.15) is 38.3 Å². The van der Waals surface area contributed by atoms with Gasteiger partial charge in [-0.1, -0.05) is 36.2 Å². The van der Waals surface area contributed by atoms with Gasteiger partial charge in [-0.2, -0.15) is 0 Å². The van der Waals surface area contributed by atoms with Crippen molar-refractivity contribution in [2.45, 2.75) is 32.7 Å². The molecular formula is C14H21Cl2NO. The van der Waals surface area contributed by atoms with E-state index in [2.05, 4.69) is 19.2 Å². The largest absolute Gasteiger partial charge is 0.396 e. The lowest BCUT2D eigenvalue weighted by molar-refractivity contribution is 0.227. The summed E-state index contributed by atoms with van der Waals surface area (Å²) >= 11 is 11.9. The van der Waals surface area contributed by atoms with Crippen molar-refractivity contribution in [1.29, 1.82) is 0 Å². The van der Waals surface area contributed by atoms with Gasteiger partial charge in [-0.05, 0) is 49.9 Å². The van der Waals surface area contributed by atoms with Crippen molar-refractivity contribution >= 4 is 23.2 Å². The third-order valence-corrected chi connectivity index (χ3v) is 3.82. The molecule has 0 heterocycles. The second kappa shape index (κ2) is 8.00. The van der Waals surface area contributed by atoms with E-state index in [1.165, 1.54) is 0 Å². The highest BCUT2D eigenvalue weighted by molar-refractivity contribution is 6.42. The molecule has 1 rings (SSSR count). The molecule has 0 aliphatic heterocycles. The molecule has 102 valence electrons. The van der Waals surface area contributed by atoms with E-state index in [0.717, 1.165) is 24.9 Å². The van der Waals surface area contributed by atoms with E-state index in [0.29, 0.717) is 16.0 Å². The van der Waals surface area contributed by atoms with Crippen LogP contribution in [-0.2, 0) is 0 Å². The highest BCUT2D eigenvalue weighted by Crippen LogP contribution is 2.25. The topological polar surface area (TPSA) is 32.3 Å². The first-order valence-corrected chi connectivity index (χ1v) is 7.09. The van der Waals surface area contributed by atoms with Crippen molar-refractivity contribution in [3.8, 4) is 0 Å².